The second-order valence-corrected chi connectivity index (χ2v) is 6.21. The summed E-state index contributed by atoms with van der Waals surface area (Å²) in [6, 6.07) is 13.2. The Morgan fingerprint density at radius 3 is 2.63 bits per heavy atom. The van der Waals surface area contributed by atoms with Crippen LogP contribution >= 0.6 is 0 Å². The number of nitrogens with one attached hydrogen (secondary N) is 1. The van der Waals surface area contributed by atoms with E-state index in [2.05, 4.69) is 10.4 Å². The van der Waals surface area contributed by atoms with Crippen molar-refractivity contribution in [3.05, 3.63) is 59.9 Å². The van der Waals surface area contributed by atoms with Crippen LogP contribution in [0.4, 0.5) is 10.1 Å². The van der Waals surface area contributed by atoms with E-state index in [4.69, 9.17) is 4.74 Å². The van der Waals surface area contributed by atoms with E-state index in [1.54, 1.807) is 11.1 Å². The summed E-state index contributed by atoms with van der Waals surface area (Å²) in [6.45, 7) is 1.63. The fourth-order valence-electron chi connectivity index (χ4n) is 2.89. The van der Waals surface area contributed by atoms with Gasteiger partial charge in [0.05, 0.1) is 12.8 Å². The van der Waals surface area contributed by atoms with Gasteiger partial charge in [-0.05, 0) is 36.8 Å². The molecule has 2 aromatic carbocycles. The fourth-order valence-corrected chi connectivity index (χ4v) is 2.89. The summed E-state index contributed by atoms with van der Waals surface area (Å²) in [7, 11) is 1.39. The molecule has 1 atom stereocenters. The maximum Gasteiger partial charge on any atom is 0.267 e. The van der Waals surface area contributed by atoms with Crippen molar-refractivity contribution in [3.63, 3.8) is 0 Å². The van der Waals surface area contributed by atoms with Crippen LogP contribution in [0.5, 0.6) is 5.75 Å². The summed E-state index contributed by atoms with van der Waals surface area (Å²) < 4.78 is 18.6. The highest BCUT2D eigenvalue weighted by Crippen LogP contribution is 2.25. The third-order valence-electron chi connectivity index (χ3n) is 4.33. The molecule has 1 aliphatic rings. The van der Waals surface area contributed by atoms with E-state index in [9.17, 15) is 14.0 Å². The summed E-state index contributed by atoms with van der Waals surface area (Å²) >= 11 is 0. The molecule has 1 N–H and O–H groups in total. The molecule has 27 heavy (non-hydrogen) atoms. The molecule has 1 unspecified atom stereocenters. The SMILES string of the molecule is COc1ccc(CNC(=O)C2=NN(c3ccccc3)C(C(C)=O)C2)cc1F. The average molecular weight is 369 g/mol. The largest absolute Gasteiger partial charge is 0.494 e. The van der Waals surface area contributed by atoms with E-state index < -0.39 is 11.9 Å². The van der Waals surface area contributed by atoms with Crippen LogP contribution in [0, 0.1) is 5.82 Å². The first-order valence-electron chi connectivity index (χ1n) is 8.52. The number of carbonyl (C=O) groups is 2. The lowest BCUT2D eigenvalue weighted by Crippen LogP contribution is -2.34. The van der Waals surface area contributed by atoms with Crippen molar-refractivity contribution in [2.24, 2.45) is 5.10 Å². The van der Waals surface area contributed by atoms with E-state index in [0.717, 1.165) is 5.69 Å². The molecule has 1 heterocycles. The minimum atomic E-state index is -0.508. The van der Waals surface area contributed by atoms with Gasteiger partial charge in [-0.2, -0.15) is 5.10 Å². The smallest absolute Gasteiger partial charge is 0.267 e. The zero-order valence-corrected chi connectivity index (χ0v) is 15.1. The second kappa shape index (κ2) is 7.99. The molecule has 0 spiro atoms. The highest BCUT2D eigenvalue weighted by molar-refractivity contribution is 6.40. The lowest BCUT2D eigenvalue weighted by atomic mass is 10.1. The number of benzene rings is 2. The van der Waals surface area contributed by atoms with Gasteiger partial charge in [0.15, 0.2) is 17.3 Å². The van der Waals surface area contributed by atoms with Gasteiger partial charge in [-0.15, -0.1) is 0 Å². The standard InChI is InChI=1S/C20H20FN3O3/c1-13(25)18-11-17(23-24(18)15-6-4-3-5-7-15)20(26)22-12-14-8-9-19(27-2)16(21)10-14/h3-10,18H,11-12H2,1-2H3,(H,22,26). The van der Waals surface area contributed by atoms with Gasteiger partial charge in [-0.3, -0.25) is 14.6 Å². The molecule has 7 heteroatoms. The predicted molar refractivity (Wildman–Crippen MR) is 100 cm³/mol. The van der Waals surface area contributed by atoms with Crippen molar-refractivity contribution in [1.82, 2.24) is 5.32 Å². The summed E-state index contributed by atoms with van der Waals surface area (Å²) in [6.07, 6.45) is 0.229. The highest BCUT2D eigenvalue weighted by Gasteiger charge is 2.34. The summed E-state index contributed by atoms with van der Waals surface area (Å²) in [5.41, 5.74) is 1.62. The third-order valence-corrected chi connectivity index (χ3v) is 4.33. The van der Waals surface area contributed by atoms with E-state index in [1.165, 1.54) is 26.2 Å². The first-order valence-corrected chi connectivity index (χ1v) is 8.52. The van der Waals surface area contributed by atoms with Crippen LogP contribution in [0.1, 0.15) is 18.9 Å². The number of para-hydroxylation sites is 1. The first kappa shape index (κ1) is 18.6. The van der Waals surface area contributed by atoms with Gasteiger partial charge in [0.1, 0.15) is 11.8 Å². The van der Waals surface area contributed by atoms with Gasteiger partial charge in [0.2, 0.25) is 0 Å². The van der Waals surface area contributed by atoms with E-state index in [0.29, 0.717) is 5.56 Å². The zero-order chi connectivity index (χ0) is 19.4. The maximum atomic E-state index is 13.7. The van der Waals surface area contributed by atoms with Gasteiger partial charge in [0.25, 0.3) is 5.91 Å². The van der Waals surface area contributed by atoms with Crippen molar-refractivity contribution in [2.45, 2.75) is 25.9 Å². The lowest BCUT2D eigenvalue weighted by Gasteiger charge is -2.20. The van der Waals surface area contributed by atoms with Crippen LogP contribution in [0.15, 0.2) is 53.6 Å². The number of halogens is 1. The molecule has 2 aromatic rings. The number of ether oxygens (including phenoxy) is 1. The average Bonchev–Trinajstić information content (AvgIpc) is 3.13. The third kappa shape index (κ3) is 4.13. The monoisotopic (exact) mass is 369 g/mol. The number of hydrogen-bond donors (Lipinski definition) is 1. The number of rotatable bonds is 6. The molecule has 0 fully saturated rings. The number of carbonyl (C=O) groups excluding carboxylic acids is 2. The van der Waals surface area contributed by atoms with Crippen LogP contribution in [-0.2, 0) is 16.1 Å². The minimum Gasteiger partial charge on any atom is -0.494 e. The van der Waals surface area contributed by atoms with Crippen LogP contribution in [0.2, 0.25) is 0 Å². The van der Waals surface area contributed by atoms with Gasteiger partial charge in [0, 0.05) is 13.0 Å². The van der Waals surface area contributed by atoms with Crippen molar-refractivity contribution >= 4 is 23.1 Å². The molecule has 6 nitrogen and oxygen atoms in total. The van der Waals surface area contributed by atoms with E-state index in [-0.39, 0.29) is 36.1 Å². The molecule has 1 aliphatic heterocycles. The summed E-state index contributed by atoms with van der Waals surface area (Å²) in [5.74, 6) is -0.791. The normalized spacial score (nSPS) is 16.0. The number of ketones is 1. The number of anilines is 1. The minimum absolute atomic E-state index is 0.0670. The molecule has 3 rings (SSSR count). The Morgan fingerprint density at radius 1 is 1.26 bits per heavy atom. The molecule has 0 saturated heterocycles. The van der Waals surface area contributed by atoms with Crippen molar-refractivity contribution in [2.75, 3.05) is 12.1 Å². The molecule has 0 saturated carbocycles. The zero-order valence-electron chi connectivity index (χ0n) is 15.1. The van der Waals surface area contributed by atoms with Crippen molar-refractivity contribution in [1.29, 1.82) is 0 Å². The Labute approximate surface area is 156 Å². The number of Topliss-reactive ketones (excluding diaryl/α,β-unsaturated/α-hetero) is 1. The Bertz CT molecular complexity index is 883. The van der Waals surface area contributed by atoms with Crippen LogP contribution in [0.3, 0.4) is 0 Å². The summed E-state index contributed by atoms with van der Waals surface area (Å²) in [4.78, 5) is 24.4. The maximum absolute atomic E-state index is 13.7. The summed E-state index contributed by atoms with van der Waals surface area (Å²) in [5, 5.41) is 8.64. The van der Waals surface area contributed by atoms with E-state index >= 15 is 0 Å². The van der Waals surface area contributed by atoms with E-state index in [1.807, 2.05) is 30.3 Å². The number of hydrazone groups is 1. The first-order chi connectivity index (χ1) is 13.0. The van der Waals surface area contributed by atoms with Crippen LogP contribution in [-0.4, -0.2) is 30.6 Å². The molecule has 1 amide bonds. The number of amides is 1. The fraction of sp³-hybridized carbons (Fsp3) is 0.250. The topological polar surface area (TPSA) is 71.0 Å². The number of methoxy groups -OCH3 is 1. The number of hydrogen-bond acceptors (Lipinski definition) is 5. The van der Waals surface area contributed by atoms with Crippen molar-refractivity contribution in [3.8, 4) is 5.75 Å². The molecule has 0 radical (unpaired) electrons. The molecule has 0 bridgehead atoms. The Kier molecular flexibility index (Phi) is 5.49. The quantitative estimate of drug-likeness (QED) is 0.850. The molecule has 0 aromatic heterocycles. The Morgan fingerprint density at radius 2 is 2.00 bits per heavy atom. The Hall–Kier alpha value is -3.22. The van der Waals surface area contributed by atoms with Crippen LogP contribution < -0.4 is 15.1 Å². The molecule has 0 aliphatic carbocycles. The van der Waals surface area contributed by atoms with Crippen molar-refractivity contribution < 1.29 is 18.7 Å². The Balaban J connectivity index is 1.71. The highest BCUT2D eigenvalue weighted by atomic mass is 19.1. The molecule has 140 valence electrons. The van der Waals surface area contributed by atoms with Crippen LogP contribution in [0.25, 0.3) is 0 Å². The van der Waals surface area contributed by atoms with Gasteiger partial charge in [-0.25, -0.2) is 4.39 Å². The lowest BCUT2D eigenvalue weighted by molar-refractivity contribution is -0.118. The van der Waals surface area contributed by atoms with Gasteiger partial charge in [-0.1, -0.05) is 24.3 Å². The predicted octanol–water partition coefficient (Wildman–Crippen LogP) is 2.67. The van der Waals surface area contributed by atoms with Gasteiger partial charge >= 0.3 is 0 Å². The van der Waals surface area contributed by atoms with Gasteiger partial charge < -0.3 is 10.1 Å². The second-order valence-electron chi connectivity index (χ2n) is 6.21. The molecular formula is C20H20FN3O3. The number of nitrogens with zero attached hydrogens (tertiary/aromatic N) is 2. The molecular weight excluding hydrogens is 349 g/mol.